The molecule has 1 heterocycles. The second-order valence-corrected chi connectivity index (χ2v) is 5.23. The molecule has 0 amide bonds. The van der Waals surface area contributed by atoms with Crippen LogP contribution in [0.5, 0.6) is 0 Å². The average Bonchev–Trinajstić information content (AvgIpc) is 2.57. The minimum atomic E-state index is 0.345. The van der Waals surface area contributed by atoms with Crippen LogP contribution in [0.1, 0.15) is 35.0 Å². The topological polar surface area (TPSA) is 17.1 Å². The molecule has 15 heavy (non-hydrogen) atoms. The van der Waals surface area contributed by atoms with E-state index in [1.54, 1.807) is 0 Å². The van der Waals surface area contributed by atoms with Gasteiger partial charge in [0, 0.05) is 0 Å². The largest absolute Gasteiger partial charge is 0.297 e. The molecule has 1 nitrogen and oxygen atoms in total. The maximum absolute atomic E-state index is 11.0. The number of aldehydes is 1. The third-order valence-corrected chi connectivity index (χ3v) is 4.03. The van der Waals surface area contributed by atoms with Crippen LogP contribution < -0.4 is 0 Å². The lowest BCUT2D eigenvalue weighted by atomic mass is 10.00. The normalized spacial score (nSPS) is 11.2. The van der Waals surface area contributed by atoms with Crippen molar-refractivity contribution in [2.75, 3.05) is 0 Å². The number of hydrogen-bond donors (Lipinski definition) is 0. The summed E-state index contributed by atoms with van der Waals surface area (Å²) >= 11 is 7.58. The Kier molecular flexibility index (Phi) is 2.81. The van der Waals surface area contributed by atoms with Gasteiger partial charge < -0.3 is 0 Å². The molecule has 0 saturated carbocycles. The van der Waals surface area contributed by atoms with E-state index in [1.807, 2.05) is 18.2 Å². The van der Waals surface area contributed by atoms with Gasteiger partial charge in [-0.15, -0.1) is 11.3 Å². The van der Waals surface area contributed by atoms with Crippen LogP contribution in [0.25, 0.3) is 10.1 Å². The highest BCUT2D eigenvalue weighted by molar-refractivity contribution is 7.21. The van der Waals surface area contributed by atoms with Crippen molar-refractivity contribution in [2.45, 2.75) is 19.8 Å². The molecule has 3 heteroatoms. The number of hydrogen-bond acceptors (Lipinski definition) is 2. The van der Waals surface area contributed by atoms with Crippen LogP contribution in [-0.4, -0.2) is 6.29 Å². The number of halogens is 1. The SMILES string of the molecule is CC(C)c1c(C=O)sc2c(Cl)cccc12. The summed E-state index contributed by atoms with van der Waals surface area (Å²) in [6.07, 6.45) is 0.927. The van der Waals surface area contributed by atoms with Gasteiger partial charge in [-0.1, -0.05) is 37.6 Å². The minimum absolute atomic E-state index is 0.345. The Balaban J connectivity index is 2.86. The van der Waals surface area contributed by atoms with E-state index in [4.69, 9.17) is 11.6 Å². The molecule has 0 aliphatic carbocycles. The van der Waals surface area contributed by atoms with Gasteiger partial charge in [-0.3, -0.25) is 4.79 Å². The quantitative estimate of drug-likeness (QED) is 0.705. The molecule has 1 aromatic carbocycles. The molecular weight excluding hydrogens is 228 g/mol. The fourth-order valence-corrected chi connectivity index (χ4v) is 3.27. The van der Waals surface area contributed by atoms with Gasteiger partial charge in [0.25, 0.3) is 0 Å². The Bertz CT molecular complexity index is 514. The first-order valence-electron chi connectivity index (χ1n) is 4.81. The van der Waals surface area contributed by atoms with Crippen molar-refractivity contribution in [1.82, 2.24) is 0 Å². The van der Waals surface area contributed by atoms with Gasteiger partial charge >= 0.3 is 0 Å². The number of thiophene rings is 1. The summed E-state index contributed by atoms with van der Waals surface area (Å²) in [5.41, 5.74) is 1.12. The summed E-state index contributed by atoms with van der Waals surface area (Å²) in [6.45, 7) is 4.19. The predicted octanol–water partition coefficient (Wildman–Crippen LogP) is 4.49. The summed E-state index contributed by atoms with van der Waals surface area (Å²) in [7, 11) is 0. The molecule has 2 rings (SSSR count). The van der Waals surface area contributed by atoms with Gasteiger partial charge in [-0.2, -0.15) is 0 Å². The predicted molar refractivity (Wildman–Crippen MR) is 66.3 cm³/mol. The van der Waals surface area contributed by atoms with Crippen LogP contribution >= 0.6 is 22.9 Å². The first-order chi connectivity index (χ1) is 7.15. The zero-order valence-corrected chi connectivity index (χ0v) is 10.2. The summed E-state index contributed by atoms with van der Waals surface area (Å²) in [6, 6.07) is 5.82. The first kappa shape index (κ1) is 10.7. The third kappa shape index (κ3) is 1.68. The van der Waals surface area contributed by atoms with Crippen LogP contribution in [0.4, 0.5) is 0 Å². The standard InChI is InChI=1S/C12H11ClOS/c1-7(2)11-8-4-3-5-9(13)12(8)15-10(11)6-14/h3-7H,1-2H3. The molecule has 0 atom stereocenters. The fourth-order valence-electron chi connectivity index (χ4n) is 1.81. The van der Waals surface area contributed by atoms with Crippen molar-refractivity contribution >= 4 is 39.3 Å². The molecule has 78 valence electrons. The molecule has 1 aromatic heterocycles. The van der Waals surface area contributed by atoms with E-state index in [-0.39, 0.29) is 0 Å². The zero-order chi connectivity index (χ0) is 11.0. The maximum Gasteiger partial charge on any atom is 0.160 e. The van der Waals surface area contributed by atoms with E-state index in [1.165, 1.54) is 11.3 Å². The lowest BCUT2D eigenvalue weighted by Gasteiger charge is -2.04. The Morgan fingerprint density at radius 1 is 1.40 bits per heavy atom. The molecule has 0 fully saturated rings. The van der Waals surface area contributed by atoms with Crippen LogP contribution in [0.2, 0.25) is 5.02 Å². The van der Waals surface area contributed by atoms with Gasteiger partial charge in [0.2, 0.25) is 0 Å². The number of carbonyl (C=O) groups excluding carboxylic acids is 1. The average molecular weight is 239 g/mol. The highest BCUT2D eigenvalue weighted by Crippen LogP contribution is 2.38. The second-order valence-electron chi connectivity index (χ2n) is 3.77. The highest BCUT2D eigenvalue weighted by Gasteiger charge is 2.15. The number of rotatable bonds is 2. The Morgan fingerprint density at radius 3 is 2.73 bits per heavy atom. The summed E-state index contributed by atoms with van der Waals surface area (Å²) in [5, 5.41) is 1.84. The molecule has 0 N–H and O–H groups in total. The van der Waals surface area contributed by atoms with Crippen LogP contribution in [0, 0.1) is 0 Å². The molecule has 0 bridgehead atoms. The van der Waals surface area contributed by atoms with E-state index in [0.717, 1.165) is 31.8 Å². The van der Waals surface area contributed by atoms with Crippen LogP contribution in [-0.2, 0) is 0 Å². The molecular formula is C12H11ClOS. The first-order valence-corrected chi connectivity index (χ1v) is 6.00. The Labute approximate surface area is 97.7 Å². The third-order valence-electron chi connectivity index (χ3n) is 2.42. The van der Waals surface area contributed by atoms with Crippen molar-refractivity contribution in [2.24, 2.45) is 0 Å². The lowest BCUT2D eigenvalue weighted by Crippen LogP contribution is -1.89. The van der Waals surface area contributed by atoms with Gasteiger partial charge in [0.15, 0.2) is 6.29 Å². The van der Waals surface area contributed by atoms with E-state index < -0.39 is 0 Å². The monoisotopic (exact) mass is 238 g/mol. The van der Waals surface area contributed by atoms with Crippen molar-refractivity contribution < 1.29 is 4.79 Å². The van der Waals surface area contributed by atoms with E-state index in [0.29, 0.717) is 5.92 Å². The molecule has 0 radical (unpaired) electrons. The smallest absolute Gasteiger partial charge is 0.160 e. The summed E-state index contributed by atoms with van der Waals surface area (Å²) in [4.78, 5) is 11.8. The Hall–Kier alpha value is -0.860. The maximum atomic E-state index is 11.0. The van der Waals surface area contributed by atoms with Gasteiger partial charge in [0.1, 0.15) is 0 Å². The van der Waals surface area contributed by atoms with Gasteiger partial charge in [-0.25, -0.2) is 0 Å². The lowest BCUT2D eigenvalue weighted by molar-refractivity contribution is 0.112. The number of carbonyl (C=O) groups is 1. The second kappa shape index (κ2) is 3.95. The van der Waals surface area contributed by atoms with Gasteiger partial charge in [0.05, 0.1) is 14.6 Å². The highest BCUT2D eigenvalue weighted by atomic mass is 35.5. The van der Waals surface area contributed by atoms with E-state index >= 15 is 0 Å². The van der Waals surface area contributed by atoms with Gasteiger partial charge in [-0.05, 0) is 22.9 Å². The van der Waals surface area contributed by atoms with E-state index in [9.17, 15) is 4.79 Å². The molecule has 0 aliphatic rings. The van der Waals surface area contributed by atoms with Crippen molar-refractivity contribution in [3.8, 4) is 0 Å². The molecule has 0 aliphatic heterocycles. The summed E-state index contributed by atoms with van der Waals surface area (Å²) in [5.74, 6) is 0.345. The molecule has 0 unspecified atom stereocenters. The van der Waals surface area contributed by atoms with Crippen molar-refractivity contribution in [3.63, 3.8) is 0 Å². The van der Waals surface area contributed by atoms with Crippen molar-refractivity contribution in [1.29, 1.82) is 0 Å². The zero-order valence-electron chi connectivity index (χ0n) is 8.58. The molecule has 0 saturated heterocycles. The fraction of sp³-hybridized carbons (Fsp3) is 0.250. The molecule has 0 spiro atoms. The molecule has 2 aromatic rings. The minimum Gasteiger partial charge on any atom is -0.297 e. The Morgan fingerprint density at radius 2 is 2.13 bits per heavy atom. The van der Waals surface area contributed by atoms with Crippen LogP contribution in [0.3, 0.4) is 0 Å². The van der Waals surface area contributed by atoms with E-state index in [2.05, 4.69) is 13.8 Å². The van der Waals surface area contributed by atoms with Crippen molar-refractivity contribution in [3.05, 3.63) is 33.7 Å². The summed E-state index contributed by atoms with van der Waals surface area (Å²) < 4.78 is 1.02. The number of fused-ring (bicyclic) bond motifs is 1. The van der Waals surface area contributed by atoms with Crippen LogP contribution in [0.15, 0.2) is 18.2 Å². The number of benzene rings is 1.